The van der Waals surface area contributed by atoms with E-state index in [1.54, 1.807) is 7.11 Å². The molecule has 2 aromatic heterocycles. The number of fused-ring (bicyclic) bond motifs is 1. The maximum absolute atomic E-state index is 5.25. The molecule has 1 aliphatic heterocycles. The molecule has 0 atom stereocenters. The Morgan fingerprint density at radius 3 is 2.58 bits per heavy atom. The lowest BCUT2D eigenvalue weighted by Gasteiger charge is -2.15. The first-order valence-corrected chi connectivity index (χ1v) is 8.07. The fraction of sp³-hybridized carbons (Fsp3) is 0.200. The molecule has 0 saturated carbocycles. The van der Waals surface area contributed by atoms with Crippen LogP contribution in [-0.2, 0) is 6.42 Å². The Balaban J connectivity index is 1.88. The van der Waals surface area contributed by atoms with Crippen molar-refractivity contribution < 1.29 is 4.74 Å². The third-order valence-electron chi connectivity index (χ3n) is 4.49. The number of methoxy groups -OCH3 is 1. The number of pyridine rings is 2. The Kier molecular flexibility index (Phi) is 3.65. The Morgan fingerprint density at radius 1 is 1.04 bits per heavy atom. The molecule has 1 aromatic carbocycles. The predicted molar refractivity (Wildman–Crippen MR) is 96.4 cm³/mol. The van der Waals surface area contributed by atoms with Gasteiger partial charge in [-0.2, -0.15) is 0 Å². The average molecular weight is 317 g/mol. The molecule has 4 heteroatoms. The fourth-order valence-corrected chi connectivity index (χ4v) is 3.17. The second-order valence-electron chi connectivity index (χ2n) is 5.97. The smallest absolute Gasteiger partial charge is 0.132 e. The molecule has 120 valence electrons. The van der Waals surface area contributed by atoms with Crippen LogP contribution in [-0.4, -0.2) is 30.7 Å². The molecule has 1 aliphatic rings. The molecule has 3 aromatic rings. The van der Waals surface area contributed by atoms with Gasteiger partial charge in [0.1, 0.15) is 11.6 Å². The number of likely N-dealkylation sites (N-methyl/N-ethyl adjacent to an activating group) is 1. The van der Waals surface area contributed by atoms with Crippen molar-refractivity contribution in [3.63, 3.8) is 0 Å². The Bertz CT molecular complexity index is 860. The second kappa shape index (κ2) is 5.96. The molecule has 0 radical (unpaired) electrons. The Hall–Kier alpha value is -2.88. The molecule has 0 unspecified atom stereocenters. The highest BCUT2D eigenvalue weighted by Crippen LogP contribution is 2.36. The second-order valence-corrected chi connectivity index (χ2v) is 5.97. The third-order valence-corrected chi connectivity index (χ3v) is 4.49. The summed E-state index contributed by atoms with van der Waals surface area (Å²) < 4.78 is 5.25. The maximum atomic E-state index is 5.25. The Labute approximate surface area is 141 Å². The van der Waals surface area contributed by atoms with Gasteiger partial charge in [-0.15, -0.1) is 0 Å². The zero-order valence-electron chi connectivity index (χ0n) is 13.9. The summed E-state index contributed by atoms with van der Waals surface area (Å²) >= 11 is 0. The Morgan fingerprint density at radius 2 is 1.88 bits per heavy atom. The van der Waals surface area contributed by atoms with Crippen molar-refractivity contribution in [1.82, 2.24) is 9.97 Å². The number of nitrogens with zero attached hydrogens (tertiary/aromatic N) is 3. The van der Waals surface area contributed by atoms with Crippen LogP contribution in [0.25, 0.3) is 22.5 Å². The summed E-state index contributed by atoms with van der Waals surface area (Å²) in [6, 6.07) is 16.2. The number of ether oxygens (including phenoxy) is 1. The first-order chi connectivity index (χ1) is 11.8. The van der Waals surface area contributed by atoms with Crippen LogP contribution in [0.1, 0.15) is 5.56 Å². The highest BCUT2D eigenvalue weighted by atomic mass is 16.5. The van der Waals surface area contributed by atoms with Crippen LogP contribution in [0, 0.1) is 0 Å². The summed E-state index contributed by atoms with van der Waals surface area (Å²) in [6.07, 6.45) is 2.85. The van der Waals surface area contributed by atoms with Crippen molar-refractivity contribution in [1.29, 1.82) is 0 Å². The van der Waals surface area contributed by atoms with Crippen LogP contribution in [0.2, 0.25) is 0 Å². The van der Waals surface area contributed by atoms with E-state index in [1.165, 1.54) is 11.1 Å². The van der Waals surface area contributed by atoms with Gasteiger partial charge < -0.3 is 9.64 Å². The van der Waals surface area contributed by atoms with E-state index in [4.69, 9.17) is 9.72 Å². The summed E-state index contributed by atoms with van der Waals surface area (Å²) in [5, 5.41) is 0. The van der Waals surface area contributed by atoms with Crippen LogP contribution in [0.5, 0.6) is 5.75 Å². The summed E-state index contributed by atoms with van der Waals surface area (Å²) in [6.45, 7) is 0.994. The van der Waals surface area contributed by atoms with E-state index in [0.29, 0.717) is 0 Å². The molecule has 0 aliphatic carbocycles. The van der Waals surface area contributed by atoms with Gasteiger partial charge >= 0.3 is 0 Å². The van der Waals surface area contributed by atoms with Gasteiger partial charge in [-0.1, -0.05) is 6.07 Å². The fourth-order valence-electron chi connectivity index (χ4n) is 3.17. The van der Waals surface area contributed by atoms with Gasteiger partial charge in [0.2, 0.25) is 0 Å². The molecular weight excluding hydrogens is 298 g/mol. The molecule has 0 fully saturated rings. The molecule has 24 heavy (non-hydrogen) atoms. The third kappa shape index (κ3) is 2.50. The van der Waals surface area contributed by atoms with E-state index in [0.717, 1.165) is 41.5 Å². The van der Waals surface area contributed by atoms with E-state index in [1.807, 2.05) is 42.6 Å². The summed E-state index contributed by atoms with van der Waals surface area (Å²) in [5.74, 6) is 1.91. The minimum Gasteiger partial charge on any atom is -0.497 e. The molecule has 3 heterocycles. The molecule has 0 spiro atoms. The van der Waals surface area contributed by atoms with Crippen LogP contribution in [0.15, 0.2) is 54.7 Å². The van der Waals surface area contributed by atoms with Gasteiger partial charge in [0.05, 0.1) is 18.5 Å². The lowest BCUT2D eigenvalue weighted by molar-refractivity contribution is 0.415. The van der Waals surface area contributed by atoms with E-state index in [9.17, 15) is 0 Å². The summed E-state index contributed by atoms with van der Waals surface area (Å²) in [5.41, 5.74) is 5.51. The molecule has 0 N–H and O–H groups in total. The van der Waals surface area contributed by atoms with Gasteiger partial charge in [0, 0.05) is 36.5 Å². The highest BCUT2D eigenvalue weighted by Gasteiger charge is 2.23. The van der Waals surface area contributed by atoms with Crippen molar-refractivity contribution in [2.45, 2.75) is 6.42 Å². The van der Waals surface area contributed by atoms with Gasteiger partial charge in [-0.25, -0.2) is 4.98 Å². The standard InChI is InChI=1S/C20H19N3O/c1-23-12-10-16-17(18-5-3-4-11-21-18)13-19(22-20(16)23)14-6-8-15(24-2)9-7-14/h3-9,11,13H,10,12H2,1-2H3. The SMILES string of the molecule is COc1ccc(-c2cc(-c3ccccn3)c3c(n2)N(C)CC3)cc1. The van der Waals surface area contributed by atoms with Crippen LogP contribution in [0.3, 0.4) is 0 Å². The normalized spacial score (nSPS) is 13.0. The quantitative estimate of drug-likeness (QED) is 0.736. The zero-order chi connectivity index (χ0) is 16.5. The highest BCUT2D eigenvalue weighted by molar-refractivity contribution is 5.78. The summed E-state index contributed by atoms with van der Waals surface area (Å²) in [7, 11) is 3.77. The van der Waals surface area contributed by atoms with E-state index < -0.39 is 0 Å². The van der Waals surface area contributed by atoms with Gasteiger partial charge in [0.25, 0.3) is 0 Å². The predicted octanol–water partition coefficient (Wildman–Crippen LogP) is 3.81. The molecule has 0 saturated heterocycles. The van der Waals surface area contributed by atoms with Crippen molar-refractivity contribution in [3.8, 4) is 28.3 Å². The van der Waals surface area contributed by atoms with Gasteiger partial charge in [-0.05, 0) is 48.9 Å². The van der Waals surface area contributed by atoms with E-state index in [-0.39, 0.29) is 0 Å². The number of aromatic nitrogens is 2. The number of benzene rings is 1. The number of rotatable bonds is 3. The first kappa shape index (κ1) is 14.7. The molecular formula is C20H19N3O. The van der Waals surface area contributed by atoms with Crippen LogP contribution in [0.4, 0.5) is 5.82 Å². The largest absolute Gasteiger partial charge is 0.497 e. The molecule has 4 rings (SSSR count). The van der Waals surface area contributed by atoms with Gasteiger partial charge in [-0.3, -0.25) is 4.98 Å². The summed E-state index contributed by atoms with van der Waals surface area (Å²) in [4.78, 5) is 11.7. The monoisotopic (exact) mass is 317 g/mol. The zero-order valence-corrected chi connectivity index (χ0v) is 13.9. The van der Waals surface area contributed by atoms with Crippen molar-refractivity contribution in [3.05, 3.63) is 60.3 Å². The van der Waals surface area contributed by atoms with Crippen LogP contribution >= 0.6 is 0 Å². The molecule has 4 nitrogen and oxygen atoms in total. The minimum absolute atomic E-state index is 0.849. The molecule has 0 amide bonds. The first-order valence-electron chi connectivity index (χ1n) is 8.07. The maximum Gasteiger partial charge on any atom is 0.132 e. The lowest BCUT2D eigenvalue weighted by atomic mass is 10.0. The molecule has 0 bridgehead atoms. The van der Waals surface area contributed by atoms with Crippen molar-refractivity contribution in [2.24, 2.45) is 0 Å². The number of hydrogen-bond donors (Lipinski definition) is 0. The van der Waals surface area contributed by atoms with E-state index >= 15 is 0 Å². The lowest BCUT2D eigenvalue weighted by Crippen LogP contribution is -2.13. The topological polar surface area (TPSA) is 38.3 Å². The number of anilines is 1. The van der Waals surface area contributed by atoms with E-state index in [2.05, 4.69) is 29.1 Å². The van der Waals surface area contributed by atoms with Crippen molar-refractivity contribution >= 4 is 5.82 Å². The minimum atomic E-state index is 0.849. The average Bonchev–Trinajstić information content (AvgIpc) is 3.03. The number of hydrogen-bond acceptors (Lipinski definition) is 4. The van der Waals surface area contributed by atoms with Crippen molar-refractivity contribution in [2.75, 3.05) is 25.6 Å². The van der Waals surface area contributed by atoms with Gasteiger partial charge in [0.15, 0.2) is 0 Å². The van der Waals surface area contributed by atoms with Crippen LogP contribution < -0.4 is 9.64 Å².